The van der Waals surface area contributed by atoms with Crippen molar-refractivity contribution in [1.29, 1.82) is 0 Å². The lowest BCUT2D eigenvalue weighted by Crippen LogP contribution is -2.23. The summed E-state index contributed by atoms with van der Waals surface area (Å²) in [5.41, 5.74) is 0.967. The summed E-state index contributed by atoms with van der Waals surface area (Å²) in [7, 11) is 0. The van der Waals surface area contributed by atoms with E-state index in [0.717, 1.165) is 31.0 Å². The zero-order chi connectivity index (χ0) is 9.10. The molecule has 1 aromatic heterocycles. The lowest BCUT2D eigenvalue weighted by Gasteiger charge is -2.12. The fourth-order valence-electron chi connectivity index (χ4n) is 1.52. The second-order valence-corrected chi connectivity index (χ2v) is 3.32. The third-order valence-corrected chi connectivity index (χ3v) is 2.28. The first-order chi connectivity index (χ1) is 6.36. The maximum atomic E-state index is 4.24. The van der Waals surface area contributed by atoms with E-state index in [1.54, 1.807) is 12.4 Å². The predicted molar refractivity (Wildman–Crippen MR) is 51.7 cm³/mol. The maximum Gasteiger partial charge on any atom is 0.147 e. The lowest BCUT2D eigenvalue weighted by molar-refractivity contribution is 0.784. The van der Waals surface area contributed by atoms with Gasteiger partial charge in [0.2, 0.25) is 0 Å². The second kappa shape index (κ2) is 3.70. The molecule has 0 saturated carbocycles. The van der Waals surface area contributed by atoms with Gasteiger partial charge in [-0.25, -0.2) is 4.98 Å². The summed E-state index contributed by atoms with van der Waals surface area (Å²) in [4.78, 5) is 8.42. The van der Waals surface area contributed by atoms with E-state index in [1.807, 2.05) is 6.92 Å². The van der Waals surface area contributed by atoms with Gasteiger partial charge in [-0.1, -0.05) is 0 Å². The van der Waals surface area contributed by atoms with E-state index < -0.39 is 0 Å². The van der Waals surface area contributed by atoms with Crippen LogP contribution in [0.4, 0.5) is 5.82 Å². The zero-order valence-electron chi connectivity index (χ0n) is 7.75. The summed E-state index contributed by atoms with van der Waals surface area (Å²) in [5.74, 6) is 0.913. The number of hydrogen-bond acceptors (Lipinski definition) is 4. The highest BCUT2D eigenvalue weighted by molar-refractivity contribution is 5.39. The van der Waals surface area contributed by atoms with Gasteiger partial charge in [0.1, 0.15) is 5.82 Å². The Kier molecular flexibility index (Phi) is 2.40. The number of anilines is 1. The minimum atomic E-state index is 0.510. The minimum Gasteiger partial charge on any atom is -0.365 e. The SMILES string of the molecule is Cc1nccnc1N[C@H]1CCNC1. The van der Waals surface area contributed by atoms with Crippen LogP contribution in [0.25, 0.3) is 0 Å². The van der Waals surface area contributed by atoms with E-state index in [9.17, 15) is 0 Å². The van der Waals surface area contributed by atoms with Gasteiger partial charge in [-0.15, -0.1) is 0 Å². The topological polar surface area (TPSA) is 49.8 Å². The van der Waals surface area contributed by atoms with Crippen LogP contribution >= 0.6 is 0 Å². The van der Waals surface area contributed by atoms with Gasteiger partial charge in [-0.3, -0.25) is 4.98 Å². The minimum absolute atomic E-state index is 0.510. The Morgan fingerprint density at radius 2 is 2.31 bits per heavy atom. The summed E-state index contributed by atoms with van der Waals surface area (Å²) in [6, 6.07) is 0.510. The standard InChI is InChI=1S/C9H14N4/c1-7-9(12-5-4-11-7)13-8-2-3-10-6-8/h4-5,8,10H,2-3,6H2,1H3,(H,12,13)/t8-/m0/s1. The van der Waals surface area contributed by atoms with Gasteiger partial charge in [0.15, 0.2) is 0 Å². The highest BCUT2D eigenvalue weighted by atomic mass is 15.1. The lowest BCUT2D eigenvalue weighted by atomic mass is 10.2. The second-order valence-electron chi connectivity index (χ2n) is 3.32. The molecule has 4 heteroatoms. The van der Waals surface area contributed by atoms with Crippen LogP contribution in [-0.4, -0.2) is 29.1 Å². The van der Waals surface area contributed by atoms with Gasteiger partial charge in [-0.05, 0) is 19.9 Å². The van der Waals surface area contributed by atoms with E-state index in [4.69, 9.17) is 0 Å². The fourth-order valence-corrected chi connectivity index (χ4v) is 1.52. The molecule has 0 bridgehead atoms. The van der Waals surface area contributed by atoms with Gasteiger partial charge >= 0.3 is 0 Å². The van der Waals surface area contributed by atoms with Gasteiger partial charge in [0, 0.05) is 25.0 Å². The van der Waals surface area contributed by atoms with Crippen molar-refractivity contribution in [2.75, 3.05) is 18.4 Å². The van der Waals surface area contributed by atoms with Crippen LogP contribution in [-0.2, 0) is 0 Å². The van der Waals surface area contributed by atoms with Gasteiger partial charge in [0.05, 0.1) is 5.69 Å². The molecule has 0 radical (unpaired) electrons. The molecule has 0 aromatic carbocycles. The molecule has 0 unspecified atom stereocenters. The predicted octanol–water partition coefficient (Wildman–Crippen LogP) is 0.559. The molecule has 0 aliphatic carbocycles. The number of aromatic nitrogens is 2. The molecule has 1 saturated heterocycles. The first kappa shape index (κ1) is 8.44. The van der Waals surface area contributed by atoms with Crippen LogP contribution in [0, 0.1) is 6.92 Å². The summed E-state index contributed by atoms with van der Waals surface area (Å²) in [5, 5.41) is 6.67. The van der Waals surface area contributed by atoms with E-state index in [2.05, 4.69) is 20.6 Å². The van der Waals surface area contributed by atoms with Crippen LogP contribution in [0.3, 0.4) is 0 Å². The van der Waals surface area contributed by atoms with Crippen LogP contribution in [0.5, 0.6) is 0 Å². The summed E-state index contributed by atoms with van der Waals surface area (Å²) in [6.07, 6.45) is 4.60. The largest absolute Gasteiger partial charge is 0.365 e. The number of aryl methyl sites for hydroxylation is 1. The van der Waals surface area contributed by atoms with Crippen molar-refractivity contribution >= 4 is 5.82 Å². The Morgan fingerprint density at radius 1 is 1.46 bits per heavy atom. The smallest absolute Gasteiger partial charge is 0.147 e. The summed E-state index contributed by atoms with van der Waals surface area (Å²) in [6.45, 7) is 4.09. The molecule has 70 valence electrons. The molecule has 2 N–H and O–H groups in total. The molecule has 4 nitrogen and oxygen atoms in total. The van der Waals surface area contributed by atoms with Crippen LogP contribution in [0.15, 0.2) is 12.4 Å². The monoisotopic (exact) mass is 178 g/mol. The van der Waals surface area contributed by atoms with Crippen LogP contribution < -0.4 is 10.6 Å². The third-order valence-electron chi connectivity index (χ3n) is 2.28. The van der Waals surface area contributed by atoms with Gasteiger partial charge in [-0.2, -0.15) is 0 Å². The number of hydrogen-bond donors (Lipinski definition) is 2. The molecular weight excluding hydrogens is 164 g/mol. The summed E-state index contributed by atoms with van der Waals surface area (Å²) >= 11 is 0. The molecule has 1 atom stereocenters. The Balaban J connectivity index is 2.04. The molecule has 0 spiro atoms. The zero-order valence-corrected chi connectivity index (χ0v) is 7.75. The third kappa shape index (κ3) is 1.95. The van der Waals surface area contributed by atoms with Crippen molar-refractivity contribution in [3.05, 3.63) is 18.1 Å². The average molecular weight is 178 g/mol. The van der Waals surface area contributed by atoms with Gasteiger partial charge in [0.25, 0.3) is 0 Å². The Morgan fingerprint density at radius 3 is 3.00 bits per heavy atom. The molecule has 2 heterocycles. The van der Waals surface area contributed by atoms with Crippen LogP contribution in [0.1, 0.15) is 12.1 Å². The molecule has 1 aliphatic heterocycles. The first-order valence-corrected chi connectivity index (χ1v) is 4.61. The highest BCUT2D eigenvalue weighted by Crippen LogP contribution is 2.10. The number of rotatable bonds is 2. The van der Waals surface area contributed by atoms with Crippen molar-refractivity contribution in [2.24, 2.45) is 0 Å². The Bertz CT molecular complexity index is 281. The molecule has 1 aliphatic rings. The quantitative estimate of drug-likeness (QED) is 0.694. The molecule has 1 fully saturated rings. The number of nitrogens with one attached hydrogen (secondary N) is 2. The van der Waals surface area contributed by atoms with E-state index in [0.29, 0.717) is 6.04 Å². The number of nitrogens with zero attached hydrogens (tertiary/aromatic N) is 2. The van der Waals surface area contributed by atoms with Crippen LogP contribution in [0.2, 0.25) is 0 Å². The van der Waals surface area contributed by atoms with E-state index in [1.165, 1.54) is 0 Å². The van der Waals surface area contributed by atoms with Crippen molar-refractivity contribution in [2.45, 2.75) is 19.4 Å². The van der Waals surface area contributed by atoms with E-state index >= 15 is 0 Å². The molecule has 1 aromatic rings. The Hall–Kier alpha value is -1.16. The first-order valence-electron chi connectivity index (χ1n) is 4.61. The molecular formula is C9H14N4. The van der Waals surface area contributed by atoms with Crippen molar-refractivity contribution in [1.82, 2.24) is 15.3 Å². The Labute approximate surface area is 77.8 Å². The van der Waals surface area contributed by atoms with Crippen molar-refractivity contribution in [3.8, 4) is 0 Å². The average Bonchev–Trinajstić information content (AvgIpc) is 2.61. The highest BCUT2D eigenvalue weighted by Gasteiger charge is 2.14. The van der Waals surface area contributed by atoms with E-state index in [-0.39, 0.29) is 0 Å². The summed E-state index contributed by atoms with van der Waals surface area (Å²) < 4.78 is 0. The van der Waals surface area contributed by atoms with Crippen molar-refractivity contribution in [3.63, 3.8) is 0 Å². The normalized spacial score (nSPS) is 21.8. The maximum absolute atomic E-state index is 4.24. The van der Waals surface area contributed by atoms with Gasteiger partial charge < -0.3 is 10.6 Å². The fraction of sp³-hybridized carbons (Fsp3) is 0.556. The molecule has 2 rings (SSSR count). The van der Waals surface area contributed by atoms with Crippen molar-refractivity contribution < 1.29 is 0 Å². The molecule has 0 amide bonds. The molecule has 13 heavy (non-hydrogen) atoms.